The van der Waals surface area contributed by atoms with Crippen molar-refractivity contribution in [1.29, 1.82) is 0 Å². The second-order valence-electron chi connectivity index (χ2n) is 7.46. The molecule has 0 radical (unpaired) electrons. The lowest BCUT2D eigenvalue weighted by Gasteiger charge is -2.32. The SMILES string of the molecule is CN(c1ccc(C(F)(F)F)cn1)c1cccc2c1CCN(C(=O)CCS(=O)(=O)C(F)(F)F)C2. The number of alkyl halides is 6. The van der Waals surface area contributed by atoms with Crippen molar-refractivity contribution in [1.82, 2.24) is 9.88 Å². The number of carbonyl (C=O) groups excluding carboxylic acids is 1. The summed E-state index contributed by atoms with van der Waals surface area (Å²) in [5.41, 5.74) is -4.12. The van der Waals surface area contributed by atoms with Crippen LogP contribution in [0.5, 0.6) is 0 Å². The zero-order chi connectivity index (χ0) is 24.6. The van der Waals surface area contributed by atoms with E-state index in [1.807, 2.05) is 0 Å². The summed E-state index contributed by atoms with van der Waals surface area (Å²) in [4.78, 5) is 19.1. The summed E-state index contributed by atoms with van der Waals surface area (Å²) in [5.74, 6) is -1.76. The highest BCUT2D eigenvalue weighted by molar-refractivity contribution is 7.92. The predicted octanol–water partition coefficient (Wildman–Crippen LogP) is 4.08. The van der Waals surface area contributed by atoms with Crippen molar-refractivity contribution in [3.05, 3.63) is 53.2 Å². The lowest BCUT2D eigenvalue weighted by Crippen LogP contribution is -2.38. The Morgan fingerprint density at radius 1 is 1.12 bits per heavy atom. The van der Waals surface area contributed by atoms with E-state index in [4.69, 9.17) is 0 Å². The van der Waals surface area contributed by atoms with Crippen molar-refractivity contribution < 1.29 is 39.6 Å². The van der Waals surface area contributed by atoms with Crippen LogP contribution in [-0.4, -0.2) is 49.1 Å². The van der Waals surface area contributed by atoms with E-state index in [2.05, 4.69) is 4.98 Å². The summed E-state index contributed by atoms with van der Waals surface area (Å²) < 4.78 is 98.2. The molecule has 2 heterocycles. The highest BCUT2D eigenvalue weighted by atomic mass is 32.2. The molecule has 0 N–H and O–H groups in total. The zero-order valence-electron chi connectivity index (χ0n) is 17.2. The lowest BCUT2D eigenvalue weighted by molar-refractivity contribution is -0.137. The lowest BCUT2D eigenvalue weighted by atomic mass is 9.97. The Morgan fingerprint density at radius 2 is 1.82 bits per heavy atom. The fourth-order valence-corrected chi connectivity index (χ4v) is 4.16. The van der Waals surface area contributed by atoms with Crippen LogP contribution in [0.15, 0.2) is 36.5 Å². The van der Waals surface area contributed by atoms with Gasteiger partial charge in [0.1, 0.15) is 5.82 Å². The third-order valence-electron chi connectivity index (χ3n) is 5.31. The van der Waals surface area contributed by atoms with Crippen LogP contribution in [0.1, 0.15) is 23.1 Å². The van der Waals surface area contributed by atoms with Gasteiger partial charge in [0.2, 0.25) is 15.7 Å². The Bertz CT molecular complexity index is 1130. The number of sulfone groups is 1. The molecule has 2 aromatic rings. The number of nitrogens with zero attached hydrogens (tertiary/aromatic N) is 3. The molecule has 0 spiro atoms. The number of halogens is 6. The maximum absolute atomic E-state index is 12.8. The second-order valence-corrected chi connectivity index (χ2v) is 9.56. The molecule has 0 unspecified atom stereocenters. The van der Waals surface area contributed by atoms with Gasteiger partial charge in [0.25, 0.3) is 0 Å². The minimum Gasteiger partial charge on any atom is -0.338 e. The van der Waals surface area contributed by atoms with Crippen LogP contribution in [0.4, 0.5) is 37.8 Å². The van der Waals surface area contributed by atoms with Gasteiger partial charge in [-0.3, -0.25) is 4.79 Å². The van der Waals surface area contributed by atoms with Crippen LogP contribution in [0.25, 0.3) is 0 Å². The Labute approximate surface area is 185 Å². The van der Waals surface area contributed by atoms with Crippen molar-refractivity contribution in [3.63, 3.8) is 0 Å². The molecule has 0 aliphatic carbocycles. The zero-order valence-corrected chi connectivity index (χ0v) is 18.1. The molecule has 33 heavy (non-hydrogen) atoms. The van der Waals surface area contributed by atoms with E-state index in [-0.39, 0.29) is 18.9 Å². The molecular formula is C20H19F6N3O3S. The molecule has 6 nitrogen and oxygen atoms in total. The molecule has 1 aromatic heterocycles. The highest BCUT2D eigenvalue weighted by Gasteiger charge is 2.45. The van der Waals surface area contributed by atoms with E-state index in [1.54, 1.807) is 30.1 Å². The fraction of sp³-hybridized carbons (Fsp3) is 0.400. The van der Waals surface area contributed by atoms with Crippen LogP contribution in [0.3, 0.4) is 0 Å². The maximum Gasteiger partial charge on any atom is 0.497 e. The van der Waals surface area contributed by atoms with Crippen molar-refractivity contribution >= 4 is 27.2 Å². The average Bonchev–Trinajstić information content (AvgIpc) is 2.75. The molecule has 0 saturated carbocycles. The molecular weight excluding hydrogens is 476 g/mol. The number of pyridine rings is 1. The Hall–Kier alpha value is -2.83. The van der Waals surface area contributed by atoms with Crippen molar-refractivity contribution in [3.8, 4) is 0 Å². The van der Waals surface area contributed by atoms with Gasteiger partial charge in [-0.15, -0.1) is 0 Å². The van der Waals surface area contributed by atoms with Gasteiger partial charge in [-0.25, -0.2) is 13.4 Å². The number of benzene rings is 1. The van der Waals surface area contributed by atoms with Gasteiger partial charge in [-0.1, -0.05) is 12.1 Å². The summed E-state index contributed by atoms with van der Waals surface area (Å²) in [6, 6.07) is 7.30. The highest BCUT2D eigenvalue weighted by Crippen LogP contribution is 2.34. The van der Waals surface area contributed by atoms with Gasteiger partial charge in [0.15, 0.2) is 0 Å². The van der Waals surface area contributed by atoms with E-state index in [1.165, 1.54) is 11.0 Å². The molecule has 1 aliphatic heterocycles. The standard InChI is InChI=1S/C20H19F6N3O3S/c1-28(17-6-5-14(11-27-17)19(21,22)23)16-4-2-3-13-12-29(9-7-15(13)16)18(30)8-10-33(31,32)20(24,25)26/h2-6,11H,7-10,12H2,1H3. The Morgan fingerprint density at radius 3 is 2.39 bits per heavy atom. The van der Waals surface area contributed by atoms with E-state index in [0.29, 0.717) is 17.7 Å². The summed E-state index contributed by atoms with van der Waals surface area (Å²) in [6.45, 7) is 0.228. The summed E-state index contributed by atoms with van der Waals surface area (Å²) in [7, 11) is -3.75. The van der Waals surface area contributed by atoms with Gasteiger partial charge in [-0.2, -0.15) is 26.3 Å². The van der Waals surface area contributed by atoms with E-state index >= 15 is 0 Å². The van der Waals surface area contributed by atoms with Crippen molar-refractivity contribution in [2.24, 2.45) is 0 Å². The minimum atomic E-state index is -5.41. The third kappa shape index (κ3) is 5.40. The summed E-state index contributed by atoms with van der Waals surface area (Å²) in [5, 5.41) is 0. The molecule has 13 heteroatoms. The molecule has 1 aliphatic rings. The van der Waals surface area contributed by atoms with E-state index in [0.717, 1.165) is 17.8 Å². The average molecular weight is 495 g/mol. The first-order valence-electron chi connectivity index (χ1n) is 9.65. The van der Waals surface area contributed by atoms with Gasteiger partial charge in [-0.05, 0) is 35.7 Å². The molecule has 0 atom stereocenters. The van der Waals surface area contributed by atoms with Crippen LogP contribution < -0.4 is 4.90 Å². The van der Waals surface area contributed by atoms with Crippen LogP contribution in [0, 0.1) is 0 Å². The molecule has 0 fully saturated rings. The molecule has 3 rings (SSSR count). The number of carbonyl (C=O) groups is 1. The monoisotopic (exact) mass is 495 g/mol. The Balaban J connectivity index is 1.74. The summed E-state index contributed by atoms with van der Waals surface area (Å²) >= 11 is 0. The largest absolute Gasteiger partial charge is 0.497 e. The number of rotatable bonds is 5. The minimum absolute atomic E-state index is 0.0718. The number of amides is 1. The number of anilines is 2. The first-order valence-corrected chi connectivity index (χ1v) is 11.3. The first-order chi connectivity index (χ1) is 15.2. The van der Waals surface area contributed by atoms with E-state index in [9.17, 15) is 39.6 Å². The van der Waals surface area contributed by atoms with Crippen LogP contribution in [-0.2, 0) is 33.8 Å². The fourth-order valence-electron chi connectivity index (χ4n) is 3.49. The second kappa shape index (κ2) is 8.84. The number of aromatic nitrogens is 1. The number of hydrogen-bond donors (Lipinski definition) is 0. The van der Waals surface area contributed by atoms with Crippen LogP contribution in [0.2, 0.25) is 0 Å². The summed E-state index contributed by atoms with van der Waals surface area (Å²) in [6.07, 6.45) is -4.23. The smallest absolute Gasteiger partial charge is 0.338 e. The van der Waals surface area contributed by atoms with Gasteiger partial charge in [0.05, 0.1) is 11.3 Å². The topological polar surface area (TPSA) is 70.6 Å². The normalized spacial score (nSPS) is 14.7. The van der Waals surface area contributed by atoms with Crippen molar-refractivity contribution in [2.45, 2.75) is 31.1 Å². The number of fused-ring (bicyclic) bond motifs is 1. The number of hydrogen-bond acceptors (Lipinski definition) is 5. The predicted molar refractivity (Wildman–Crippen MR) is 107 cm³/mol. The molecule has 1 amide bonds. The third-order valence-corrected chi connectivity index (χ3v) is 6.76. The molecule has 180 valence electrons. The first kappa shape index (κ1) is 24.8. The van der Waals surface area contributed by atoms with Gasteiger partial charge in [0, 0.05) is 38.4 Å². The van der Waals surface area contributed by atoms with Crippen LogP contribution >= 0.6 is 0 Å². The van der Waals surface area contributed by atoms with Gasteiger partial charge >= 0.3 is 11.7 Å². The maximum atomic E-state index is 12.8. The quantitative estimate of drug-likeness (QED) is 0.585. The molecule has 0 bridgehead atoms. The molecule has 1 aromatic carbocycles. The van der Waals surface area contributed by atoms with Gasteiger partial charge < -0.3 is 9.80 Å². The van der Waals surface area contributed by atoms with Crippen molar-refractivity contribution in [2.75, 3.05) is 24.2 Å². The van der Waals surface area contributed by atoms with E-state index < -0.39 is 45.2 Å². The Kier molecular flexibility index (Phi) is 6.65. The molecule has 0 saturated heterocycles.